The molecule has 0 saturated carbocycles. The molecule has 0 radical (unpaired) electrons. The fourth-order valence-corrected chi connectivity index (χ4v) is 4.64. The van der Waals surface area contributed by atoms with Crippen LogP contribution < -0.4 is 0 Å². The lowest BCUT2D eigenvalue weighted by Gasteiger charge is -2.31. The smallest absolute Gasteiger partial charge is 0.178 e. The molecule has 1 aromatic heterocycles. The highest BCUT2D eigenvalue weighted by Gasteiger charge is 2.23. The van der Waals surface area contributed by atoms with Crippen LogP contribution in [0.1, 0.15) is 79.7 Å². The van der Waals surface area contributed by atoms with E-state index in [0.29, 0.717) is 12.6 Å². The van der Waals surface area contributed by atoms with E-state index in [-0.39, 0.29) is 5.78 Å². The van der Waals surface area contributed by atoms with Gasteiger partial charge in [-0.1, -0.05) is 38.8 Å². The van der Waals surface area contributed by atoms with Gasteiger partial charge in [0.2, 0.25) is 0 Å². The first-order valence-corrected chi connectivity index (χ1v) is 12.2. The average molecular weight is 425 g/mol. The van der Waals surface area contributed by atoms with Crippen molar-refractivity contribution in [2.24, 2.45) is 0 Å². The molecule has 0 bridgehead atoms. The van der Waals surface area contributed by atoms with Gasteiger partial charge in [-0.05, 0) is 69.7 Å². The highest BCUT2D eigenvalue weighted by Crippen LogP contribution is 2.23. The monoisotopic (exact) mass is 424 g/mol. The SMILES string of the molecule is CCCCCc1ccc(-n2c(C)cc(C(=O)CN3CCC(OCCC)CC3)c2C)cc1. The van der Waals surface area contributed by atoms with Crippen molar-refractivity contribution in [3.63, 3.8) is 0 Å². The fourth-order valence-electron chi connectivity index (χ4n) is 4.64. The summed E-state index contributed by atoms with van der Waals surface area (Å²) in [5, 5.41) is 0. The molecule has 170 valence electrons. The van der Waals surface area contributed by atoms with Crippen molar-refractivity contribution in [1.29, 1.82) is 0 Å². The van der Waals surface area contributed by atoms with Gasteiger partial charge in [-0.15, -0.1) is 0 Å². The molecule has 1 aromatic carbocycles. The molecular weight excluding hydrogens is 384 g/mol. The summed E-state index contributed by atoms with van der Waals surface area (Å²) in [7, 11) is 0. The maximum absolute atomic E-state index is 13.1. The van der Waals surface area contributed by atoms with Crippen LogP contribution in [0, 0.1) is 13.8 Å². The van der Waals surface area contributed by atoms with E-state index in [1.54, 1.807) is 0 Å². The third-order valence-electron chi connectivity index (χ3n) is 6.45. The van der Waals surface area contributed by atoms with Gasteiger partial charge in [0, 0.05) is 42.3 Å². The van der Waals surface area contributed by atoms with Crippen LogP contribution in [-0.2, 0) is 11.2 Å². The number of hydrogen-bond acceptors (Lipinski definition) is 3. The highest BCUT2D eigenvalue weighted by molar-refractivity contribution is 5.99. The quantitative estimate of drug-likeness (QED) is 0.333. The summed E-state index contributed by atoms with van der Waals surface area (Å²) in [6.45, 7) is 11.8. The molecule has 0 atom stereocenters. The van der Waals surface area contributed by atoms with Crippen LogP contribution >= 0.6 is 0 Å². The van der Waals surface area contributed by atoms with Gasteiger partial charge in [0.25, 0.3) is 0 Å². The fraction of sp³-hybridized carbons (Fsp3) is 0.593. The van der Waals surface area contributed by atoms with Gasteiger partial charge in [0.1, 0.15) is 0 Å². The summed E-state index contributed by atoms with van der Waals surface area (Å²) in [6, 6.07) is 10.9. The minimum atomic E-state index is 0.225. The molecule has 1 aliphatic rings. The molecule has 0 spiro atoms. The lowest BCUT2D eigenvalue weighted by atomic mass is 10.1. The van der Waals surface area contributed by atoms with Crippen molar-refractivity contribution in [2.75, 3.05) is 26.2 Å². The number of carbonyl (C=O) groups excluding carboxylic acids is 1. The zero-order valence-electron chi connectivity index (χ0n) is 20.0. The van der Waals surface area contributed by atoms with Crippen molar-refractivity contribution in [1.82, 2.24) is 9.47 Å². The van der Waals surface area contributed by atoms with Gasteiger partial charge >= 0.3 is 0 Å². The van der Waals surface area contributed by atoms with Gasteiger partial charge < -0.3 is 9.30 Å². The maximum atomic E-state index is 13.1. The van der Waals surface area contributed by atoms with Crippen LogP contribution in [0.5, 0.6) is 0 Å². The average Bonchev–Trinajstić information content (AvgIpc) is 3.08. The Hall–Kier alpha value is -1.91. The van der Waals surface area contributed by atoms with Crippen molar-refractivity contribution in [2.45, 2.75) is 78.7 Å². The van der Waals surface area contributed by atoms with E-state index in [0.717, 1.165) is 68.0 Å². The van der Waals surface area contributed by atoms with Gasteiger partial charge in [0.15, 0.2) is 5.78 Å². The molecule has 0 unspecified atom stereocenters. The summed E-state index contributed by atoms with van der Waals surface area (Å²) in [6.07, 6.45) is 8.40. The molecule has 0 N–H and O–H groups in total. The van der Waals surface area contributed by atoms with Crippen molar-refractivity contribution >= 4 is 5.78 Å². The molecule has 1 fully saturated rings. The minimum absolute atomic E-state index is 0.225. The molecule has 4 heteroatoms. The van der Waals surface area contributed by atoms with Crippen LogP contribution in [0.2, 0.25) is 0 Å². The van der Waals surface area contributed by atoms with Gasteiger partial charge in [-0.2, -0.15) is 0 Å². The number of benzene rings is 1. The second-order valence-electron chi connectivity index (χ2n) is 9.01. The number of nitrogens with zero attached hydrogens (tertiary/aromatic N) is 2. The van der Waals surface area contributed by atoms with Crippen LogP contribution in [0.4, 0.5) is 0 Å². The molecular formula is C27H40N2O2. The highest BCUT2D eigenvalue weighted by atomic mass is 16.5. The van der Waals surface area contributed by atoms with E-state index in [1.165, 1.54) is 24.8 Å². The number of ketones is 1. The molecule has 2 aromatic rings. The standard InChI is InChI=1S/C27H40N2O2/c1-5-7-8-9-23-10-12-24(13-11-23)29-21(3)19-26(22(29)4)27(30)20-28-16-14-25(15-17-28)31-18-6-2/h10-13,19,25H,5-9,14-18,20H2,1-4H3. The molecule has 4 nitrogen and oxygen atoms in total. The molecule has 0 aliphatic carbocycles. The third-order valence-corrected chi connectivity index (χ3v) is 6.45. The number of likely N-dealkylation sites (tertiary alicyclic amines) is 1. The normalized spacial score (nSPS) is 15.5. The second-order valence-corrected chi connectivity index (χ2v) is 9.01. The number of unbranched alkanes of at least 4 members (excludes halogenated alkanes) is 2. The Kier molecular flexibility index (Phi) is 8.91. The molecule has 2 heterocycles. The summed E-state index contributed by atoms with van der Waals surface area (Å²) in [4.78, 5) is 15.4. The Bertz CT molecular complexity index is 830. The Labute approximate surface area is 188 Å². The van der Waals surface area contributed by atoms with Crippen molar-refractivity contribution in [3.8, 4) is 5.69 Å². The van der Waals surface area contributed by atoms with Crippen LogP contribution in [0.3, 0.4) is 0 Å². The summed E-state index contributed by atoms with van der Waals surface area (Å²) >= 11 is 0. The molecule has 1 saturated heterocycles. The maximum Gasteiger partial charge on any atom is 0.178 e. The topological polar surface area (TPSA) is 34.5 Å². The molecule has 1 aliphatic heterocycles. The summed E-state index contributed by atoms with van der Waals surface area (Å²) in [5.74, 6) is 0.225. The molecule has 31 heavy (non-hydrogen) atoms. The van der Waals surface area contributed by atoms with Gasteiger partial charge in [0.05, 0.1) is 12.6 Å². The van der Waals surface area contributed by atoms with Crippen molar-refractivity contribution < 1.29 is 9.53 Å². The van der Waals surface area contributed by atoms with Gasteiger partial charge in [-0.3, -0.25) is 9.69 Å². The Morgan fingerprint density at radius 3 is 2.39 bits per heavy atom. The first-order valence-electron chi connectivity index (χ1n) is 12.2. The first kappa shape index (κ1) is 23.7. The largest absolute Gasteiger partial charge is 0.378 e. The minimum Gasteiger partial charge on any atom is -0.378 e. The van der Waals surface area contributed by atoms with Gasteiger partial charge in [-0.25, -0.2) is 0 Å². The van der Waals surface area contributed by atoms with E-state index in [2.05, 4.69) is 67.5 Å². The Morgan fingerprint density at radius 1 is 1.03 bits per heavy atom. The number of hydrogen-bond donors (Lipinski definition) is 0. The lowest BCUT2D eigenvalue weighted by Crippen LogP contribution is -2.40. The van der Waals surface area contributed by atoms with E-state index < -0.39 is 0 Å². The van der Waals surface area contributed by atoms with Crippen LogP contribution in [0.25, 0.3) is 5.69 Å². The zero-order valence-corrected chi connectivity index (χ0v) is 20.0. The zero-order chi connectivity index (χ0) is 22.2. The predicted molar refractivity (Wildman–Crippen MR) is 129 cm³/mol. The second kappa shape index (κ2) is 11.6. The molecule has 3 rings (SSSR count). The van der Waals surface area contributed by atoms with E-state index >= 15 is 0 Å². The Balaban J connectivity index is 1.62. The number of carbonyl (C=O) groups is 1. The number of piperidine rings is 1. The van der Waals surface area contributed by atoms with Crippen LogP contribution in [-0.4, -0.2) is 47.6 Å². The predicted octanol–water partition coefficient (Wildman–Crippen LogP) is 5.90. The number of Topliss-reactive ketones (excluding diaryl/α,β-unsaturated/α-hetero) is 1. The van der Waals surface area contributed by atoms with Crippen molar-refractivity contribution in [3.05, 3.63) is 52.8 Å². The number of aromatic nitrogens is 1. The first-order chi connectivity index (χ1) is 15.0. The number of aryl methyl sites for hydroxylation is 2. The third kappa shape index (κ3) is 6.30. The number of rotatable bonds is 11. The lowest BCUT2D eigenvalue weighted by molar-refractivity contribution is 0.00852. The van der Waals surface area contributed by atoms with E-state index in [4.69, 9.17) is 4.74 Å². The summed E-state index contributed by atoms with van der Waals surface area (Å²) < 4.78 is 8.09. The Morgan fingerprint density at radius 2 is 1.74 bits per heavy atom. The van der Waals surface area contributed by atoms with E-state index in [9.17, 15) is 4.79 Å². The number of ether oxygens (including phenoxy) is 1. The molecule has 0 amide bonds. The van der Waals surface area contributed by atoms with Crippen LogP contribution in [0.15, 0.2) is 30.3 Å². The summed E-state index contributed by atoms with van der Waals surface area (Å²) in [5.41, 5.74) is 5.55. The van der Waals surface area contributed by atoms with E-state index in [1.807, 2.05) is 0 Å².